The smallest absolute Gasteiger partial charge is 0.289 e. The number of hydrogen-bond acceptors (Lipinski definition) is 4. The molecule has 1 fully saturated rings. The van der Waals surface area contributed by atoms with Gasteiger partial charge in [-0.1, -0.05) is 0 Å². The highest BCUT2D eigenvalue weighted by Crippen LogP contribution is 2.47. The Hall–Kier alpha value is -1.23. The van der Waals surface area contributed by atoms with E-state index >= 15 is 0 Å². The first-order valence-electron chi connectivity index (χ1n) is 7.77. The fourth-order valence-electron chi connectivity index (χ4n) is 3.76. The second-order valence-corrected chi connectivity index (χ2v) is 7.61. The summed E-state index contributed by atoms with van der Waals surface area (Å²) in [7, 11) is 0. The number of thioether (sulfide) groups is 1. The van der Waals surface area contributed by atoms with E-state index in [0.29, 0.717) is 11.0 Å². The summed E-state index contributed by atoms with van der Waals surface area (Å²) in [4.78, 5) is 19.3. The number of likely N-dealkylation sites (tertiary alicyclic amines) is 1. The van der Waals surface area contributed by atoms with Crippen LogP contribution >= 0.6 is 11.8 Å². The zero-order valence-corrected chi connectivity index (χ0v) is 13.3. The minimum Gasteiger partial charge on any atom is -0.455 e. The number of aliphatic imine (C=N–C) groups is 1. The number of rotatable bonds is 1. The summed E-state index contributed by atoms with van der Waals surface area (Å²) >= 11 is 1.88. The molecule has 4 rings (SSSR count). The van der Waals surface area contributed by atoms with Crippen molar-refractivity contribution >= 4 is 22.7 Å². The van der Waals surface area contributed by atoms with E-state index in [1.807, 2.05) is 23.6 Å². The molecule has 1 saturated heterocycles. The Labute approximate surface area is 129 Å². The van der Waals surface area contributed by atoms with Crippen LogP contribution in [-0.4, -0.2) is 34.2 Å². The number of hydrogen-bond donors (Lipinski definition) is 0. The third-order valence-electron chi connectivity index (χ3n) is 4.80. The maximum Gasteiger partial charge on any atom is 0.289 e. The van der Waals surface area contributed by atoms with E-state index in [-0.39, 0.29) is 11.9 Å². The lowest BCUT2D eigenvalue weighted by Gasteiger charge is -2.22. The van der Waals surface area contributed by atoms with Crippen LogP contribution in [0.2, 0.25) is 0 Å². The van der Waals surface area contributed by atoms with Crippen LogP contribution in [0, 0.1) is 6.92 Å². The third-order valence-corrected chi connectivity index (χ3v) is 6.05. The number of amides is 1. The van der Waals surface area contributed by atoms with Crippen molar-refractivity contribution in [3.05, 3.63) is 22.6 Å². The summed E-state index contributed by atoms with van der Waals surface area (Å²) in [5.41, 5.74) is 2.22. The van der Waals surface area contributed by atoms with E-state index in [9.17, 15) is 4.79 Å². The first-order chi connectivity index (χ1) is 10.1. The molecule has 1 aliphatic carbocycles. The summed E-state index contributed by atoms with van der Waals surface area (Å²) < 4.78 is 5.98. The normalized spacial score (nSPS) is 27.5. The van der Waals surface area contributed by atoms with Gasteiger partial charge in [0.1, 0.15) is 5.76 Å². The van der Waals surface area contributed by atoms with Crippen molar-refractivity contribution in [2.24, 2.45) is 4.99 Å². The van der Waals surface area contributed by atoms with Crippen LogP contribution in [-0.2, 0) is 6.42 Å². The van der Waals surface area contributed by atoms with Crippen LogP contribution in [0.15, 0.2) is 9.41 Å². The van der Waals surface area contributed by atoms with Gasteiger partial charge in [-0.2, -0.15) is 0 Å². The Bertz CT molecular complexity index is 628. The van der Waals surface area contributed by atoms with E-state index < -0.39 is 0 Å². The molecule has 0 N–H and O–H groups in total. The molecule has 21 heavy (non-hydrogen) atoms. The fourth-order valence-corrected chi connectivity index (χ4v) is 4.93. The summed E-state index contributed by atoms with van der Waals surface area (Å²) in [5, 5.41) is 1.69. The van der Waals surface area contributed by atoms with Gasteiger partial charge in [-0.05, 0) is 33.1 Å². The largest absolute Gasteiger partial charge is 0.455 e. The molecule has 1 aromatic heterocycles. The lowest BCUT2D eigenvalue weighted by molar-refractivity contribution is 0.0758. The van der Waals surface area contributed by atoms with E-state index in [0.717, 1.165) is 55.1 Å². The maximum atomic E-state index is 12.6. The Balaban J connectivity index is 1.72. The number of aryl methyl sites for hydroxylation is 1. The SMILES string of the molecule is CC1=NC2c3c(oc(C(=O)N4CCCC4)c3C)CCC2S1. The minimum absolute atomic E-state index is 0.0716. The second-order valence-electron chi connectivity index (χ2n) is 6.18. The number of carbonyl (C=O) groups is 1. The zero-order valence-electron chi connectivity index (χ0n) is 12.5. The van der Waals surface area contributed by atoms with E-state index in [1.165, 1.54) is 5.56 Å². The molecule has 112 valence electrons. The average Bonchev–Trinajstić information content (AvgIpc) is 3.15. The molecule has 4 nitrogen and oxygen atoms in total. The molecule has 0 radical (unpaired) electrons. The zero-order chi connectivity index (χ0) is 14.6. The Morgan fingerprint density at radius 3 is 2.86 bits per heavy atom. The van der Waals surface area contributed by atoms with E-state index in [2.05, 4.69) is 6.92 Å². The van der Waals surface area contributed by atoms with Gasteiger partial charge in [-0.25, -0.2) is 0 Å². The maximum absolute atomic E-state index is 12.6. The van der Waals surface area contributed by atoms with Crippen molar-refractivity contribution in [3.63, 3.8) is 0 Å². The molecule has 1 amide bonds. The highest BCUT2D eigenvalue weighted by molar-refractivity contribution is 8.14. The average molecular weight is 304 g/mol. The molecule has 2 unspecified atom stereocenters. The summed E-state index contributed by atoms with van der Waals surface area (Å²) in [6, 6.07) is 0.197. The number of nitrogens with zero attached hydrogens (tertiary/aromatic N) is 2. The van der Waals surface area contributed by atoms with Gasteiger partial charge >= 0.3 is 0 Å². The molecule has 0 spiro atoms. The molecular weight excluding hydrogens is 284 g/mol. The predicted molar refractivity (Wildman–Crippen MR) is 84.1 cm³/mol. The highest BCUT2D eigenvalue weighted by atomic mass is 32.2. The minimum atomic E-state index is 0.0716. The molecular formula is C16H20N2O2S. The summed E-state index contributed by atoms with van der Waals surface area (Å²) in [6.45, 7) is 5.84. The Morgan fingerprint density at radius 2 is 2.10 bits per heavy atom. The van der Waals surface area contributed by atoms with Gasteiger partial charge in [0.2, 0.25) is 0 Å². The van der Waals surface area contributed by atoms with Crippen LogP contribution in [0.5, 0.6) is 0 Å². The van der Waals surface area contributed by atoms with Gasteiger partial charge in [0.05, 0.1) is 11.1 Å². The molecule has 2 atom stereocenters. The number of carbonyl (C=O) groups excluding carboxylic acids is 1. The molecule has 0 saturated carbocycles. The first-order valence-corrected chi connectivity index (χ1v) is 8.65. The monoisotopic (exact) mass is 304 g/mol. The van der Waals surface area contributed by atoms with Gasteiger partial charge < -0.3 is 9.32 Å². The number of furan rings is 1. The lowest BCUT2D eigenvalue weighted by Crippen LogP contribution is -2.27. The van der Waals surface area contributed by atoms with Gasteiger partial charge in [-0.3, -0.25) is 9.79 Å². The van der Waals surface area contributed by atoms with Crippen molar-refractivity contribution < 1.29 is 9.21 Å². The van der Waals surface area contributed by atoms with Crippen molar-refractivity contribution in [3.8, 4) is 0 Å². The molecule has 2 aliphatic heterocycles. The Morgan fingerprint density at radius 1 is 1.33 bits per heavy atom. The topological polar surface area (TPSA) is 45.8 Å². The number of fused-ring (bicyclic) bond motifs is 3. The van der Waals surface area contributed by atoms with E-state index in [1.54, 1.807) is 0 Å². The standard InChI is InChI=1S/C16H20N2O2S/c1-9-13-11(5-6-12-14(13)17-10(2)21-12)20-15(9)16(19)18-7-3-4-8-18/h12,14H,3-8H2,1-2H3. The van der Waals surface area contributed by atoms with Crippen LogP contribution in [0.25, 0.3) is 0 Å². The van der Waals surface area contributed by atoms with Gasteiger partial charge in [-0.15, -0.1) is 11.8 Å². The highest BCUT2D eigenvalue weighted by Gasteiger charge is 2.40. The van der Waals surface area contributed by atoms with Crippen LogP contribution in [0.1, 0.15) is 59.7 Å². The van der Waals surface area contributed by atoms with Crippen LogP contribution in [0.4, 0.5) is 0 Å². The molecule has 0 bridgehead atoms. The Kier molecular flexibility index (Phi) is 3.14. The van der Waals surface area contributed by atoms with Crippen molar-refractivity contribution in [1.29, 1.82) is 0 Å². The third kappa shape index (κ3) is 2.05. The predicted octanol–water partition coefficient (Wildman–Crippen LogP) is 3.35. The van der Waals surface area contributed by atoms with Crippen molar-refractivity contribution in [2.45, 2.75) is 50.8 Å². The van der Waals surface area contributed by atoms with Gasteiger partial charge in [0.15, 0.2) is 5.76 Å². The van der Waals surface area contributed by atoms with Gasteiger partial charge in [0, 0.05) is 35.9 Å². The van der Waals surface area contributed by atoms with Crippen LogP contribution in [0.3, 0.4) is 0 Å². The molecule has 0 aromatic carbocycles. The van der Waals surface area contributed by atoms with Crippen LogP contribution < -0.4 is 0 Å². The lowest BCUT2D eigenvalue weighted by atomic mass is 9.90. The molecule has 5 heteroatoms. The van der Waals surface area contributed by atoms with Crippen molar-refractivity contribution in [2.75, 3.05) is 13.1 Å². The summed E-state index contributed by atoms with van der Waals surface area (Å²) in [6.07, 6.45) is 4.24. The summed E-state index contributed by atoms with van der Waals surface area (Å²) in [5.74, 6) is 1.63. The van der Waals surface area contributed by atoms with Gasteiger partial charge in [0.25, 0.3) is 5.91 Å². The quantitative estimate of drug-likeness (QED) is 0.799. The van der Waals surface area contributed by atoms with Crippen molar-refractivity contribution in [1.82, 2.24) is 4.90 Å². The fraction of sp³-hybridized carbons (Fsp3) is 0.625. The second kappa shape index (κ2) is 4.90. The molecule has 1 aromatic rings. The molecule has 3 aliphatic rings. The van der Waals surface area contributed by atoms with E-state index in [4.69, 9.17) is 9.41 Å². The molecule has 3 heterocycles. The first kappa shape index (κ1) is 13.4.